The number of hydrogen-bond donors (Lipinski definition) is 1. The zero-order valence-corrected chi connectivity index (χ0v) is 15.1. The van der Waals surface area contributed by atoms with Gasteiger partial charge in [0.2, 0.25) is 11.7 Å². The van der Waals surface area contributed by atoms with Gasteiger partial charge in [-0.15, -0.1) is 0 Å². The van der Waals surface area contributed by atoms with Crippen molar-refractivity contribution in [2.45, 2.75) is 26.1 Å². The molecule has 0 saturated carbocycles. The van der Waals surface area contributed by atoms with Gasteiger partial charge < -0.3 is 14.4 Å². The van der Waals surface area contributed by atoms with Crippen molar-refractivity contribution in [3.8, 4) is 17.1 Å². The maximum Gasteiger partial charge on any atom is 0.344 e. The first-order chi connectivity index (χ1) is 13.0. The Morgan fingerprint density at radius 2 is 2.07 bits per heavy atom. The van der Waals surface area contributed by atoms with Crippen molar-refractivity contribution < 1.29 is 19.2 Å². The van der Waals surface area contributed by atoms with E-state index in [4.69, 9.17) is 14.4 Å². The molecule has 0 aliphatic carbocycles. The minimum Gasteiger partial charge on any atom is -0.479 e. The third-order valence-electron chi connectivity index (χ3n) is 3.86. The van der Waals surface area contributed by atoms with Gasteiger partial charge in [-0.05, 0) is 32.2 Å². The number of carbonyl (C=O) groups is 1. The molecule has 1 atom stereocenters. The summed E-state index contributed by atoms with van der Waals surface area (Å²) in [6, 6.07) is 11.0. The van der Waals surface area contributed by atoms with E-state index in [1.807, 2.05) is 42.3 Å². The van der Waals surface area contributed by atoms with Crippen LogP contribution < -0.4 is 4.74 Å². The number of hydrogen-bond acceptors (Lipinski definition) is 7. The Morgan fingerprint density at radius 3 is 2.81 bits per heavy atom. The molecular formula is C19H20N4O4. The van der Waals surface area contributed by atoms with E-state index in [0.717, 1.165) is 11.1 Å². The highest BCUT2D eigenvalue weighted by atomic mass is 16.5. The topological polar surface area (TPSA) is 102 Å². The van der Waals surface area contributed by atoms with E-state index in [0.29, 0.717) is 30.6 Å². The number of benzene rings is 1. The van der Waals surface area contributed by atoms with Crippen LogP contribution in [0.15, 0.2) is 53.3 Å². The van der Waals surface area contributed by atoms with Crippen LogP contribution in [0.2, 0.25) is 0 Å². The van der Waals surface area contributed by atoms with Gasteiger partial charge in [0.05, 0.1) is 6.54 Å². The third kappa shape index (κ3) is 4.89. The number of aliphatic carboxylic acids is 1. The normalized spacial score (nSPS) is 12.1. The summed E-state index contributed by atoms with van der Waals surface area (Å²) in [6.45, 7) is 2.48. The minimum absolute atomic E-state index is 0.441. The Kier molecular flexibility index (Phi) is 5.77. The molecule has 0 aliphatic heterocycles. The maximum atomic E-state index is 11.0. The van der Waals surface area contributed by atoms with Gasteiger partial charge in [-0.3, -0.25) is 9.88 Å². The molecule has 0 amide bonds. The number of ether oxygens (including phenoxy) is 1. The fourth-order valence-electron chi connectivity index (χ4n) is 2.50. The molecule has 3 rings (SSSR count). The van der Waals surface area contributed by atoms with Gasteiger partial charge in [-0.2, -0.15) is 4.98 Å². The molecule has 0 aliphatic rings. The molecule has 8 nitrogen and oxygen atoms in total. The smallest absolute Gasteiger partial charge is 0.344 e. The molecular weight excluding hydrogens is 348 g/mol. The van der Waals surface area contributed by atoms with E-state index in [2.05, 4.69) is 15.1 Å². The summed E-state index contributed by atoms with van der Waals surface area (Å²) < 4.78 is 10.8. The van der Waals surface area contributed by atoms with Gasteiger partial charge in [0, 0.05) is 30.1 Å². The highest BCUT2D eigenvalue weighted by Crippen LogP contribution is 2.22. The van der Waals surface area contributed by atoms with Crippen molar-refractivity contribution in [3.05, 3.63) is 60.2 Å². The van der Waals surface area contributed by atoms with Crippen LogP contribution in [0.25, 0.3) is 11.4 Å². The molecule has 1 aromatic carbocycles. The van der Waals surface area contributed by atoms with Gasteiger partial charge in [0.15, 0.2) is 6.10 Å². The zero-order valence-electron chi connectivity index (χ0n) is 15.1. The molecule has 140 valence electrons. The molecule has 27 heavy (non-hydrogen) atoms. The summed E-state index contributed by atoms with van der Waals surface area (Å²) in [5.41, 5.74) is 1.66. The lowest BCUT2D eigenvalue weighted by Gasteiger charge is -2.18. The second kappa shape index (κ2) is 8.41. The highest BCUT2D eigenvalue weighted by Gasteiger charge is 2.16. The number of aromatic nitrogens is 3. The molecule has 0 radical (unpaired) electrons. The van der Waals surface area contributed by atoms with Crippen LogP contribution in [0.5, 0.6) is 5.75 Å². The first-order valence-electron chi connectivity index (χ1n) is 8.42. The Morgan fingerprint density at radius 1 is 1.26 bits per heavy atom. The fraction of sp³-hybridized carbons (Fsp3) is 0.263. The molecule has 3 aromatic rings. The number of carboxylic acid groups (broad SMARTS) is 1. The number of carboxylic acids is 1. The predicted octanol–water partition coefficient (Wildman–Crippen LogP) is 2.62. The standard InChI is InChI=1S/C19H20N4O4/c1-13(19(24)25)26-16-8-4-3-6-15(16)11-23(2)12-17-21-18(22-27-17)14-7-5-9-20-10-14/h3-10,13H,11-12H2,1-2H3,(H,24,25)/t13-/m0/s1. The van der Waals surface area contributed by atoms with Crippen LogP contribution in [0.4, 0.5) is 0 Å². The monoisotopic (exact) mass is 368 g/mol. The Bertz CT molecular complexity index is 897. The number of para-hydroxylation sites is 1. The first-order valence-corrected chi connectivity index (χ1v) is 8.42. The van der Waals surface area contributed by atoms with Crippen LogP contribution in [-0.2, 0) is 17.9 Å². The van der Waals surface area contributed by atoms with Gasteiger partial charge in [-0.1, -0.05) is 23.4 Å². The van der Waals surface area contributed by atoms with Crippen LogP contribution in [-0.4, -0.2) is 44.3 Å². The van der Waals surface area contributed by atoms with Crippen LogP contribution >= 0.6 is 0 Å². The van der Waals surface area contributed by atoms with Crippen molar-refractivity contribution in [2.24, 2.45) is 0 Å². The molecule has 0 unspecified atom stereocenters. The van der Waals surface area contributed by atoms with E-state index in [1.54, 1.807) is 18.5 Å². The maximum absolute atomic E-state index is 11.0. The van der Waals surface area contributed by atoms with E-state index in [1.165, 1.54) is 6.92 Å². The Labute approximate surface area is 156 Å². The second-order valence-corrected chi connectivity index (χ2v) is 6.13. The van der Waals surface area contributed by atoms with Crippen LogP contribution in [0, 0.1) is 0 Å². The fourth-order valence-corrected chi connectivity index (χ4v) is 2.50. The van der Waals surface area contributed by atoms with Crippen molar-refractivity contribution in [1.29, 1.82) is 0 Å². The van der Waals surface area contributed by atoms with Gasteiger partial charge in [-0.25, -0.2) is 4.79 Å². The van der Waals surface area contributed by atoms with Crippen molar-refractivity contribution in [2.75, 3.05) is 7.05 Å². The van der Waals surface area contributed by atoms with Crippen molar-refractivity contribution in [1.82, 2.24) is 20.0 Å². The Balaban J connectivity index is 1.66. The predicted molar refractivity (Wildman–Crippen MR) is 96.9 cm³/mol. The van der Waals surface area contributed by atoms with Gasteiger partial charge in [0.25, 0.3) is 0 Å². The summed E-state index contributed by atoms with van der Waals surface area (Å²) in [7, 11) is 1.91. The lowest BCUT2D eigenvalue weighted by Crippen LogP contribution is -2.24. The molecule has 2 heterocycles. The first kappa shape index (κ1) is 18.5. The summed E-state index contributed by atoms with van der Waals surface area (Å²) in [6.07, 6.45) is 2.44. The van der Waals surface area contributed by atoms with Crippen LogP contribution in [0.3, 0.4) is 0 Å². The molecule has 8 heteroatoms. The van der Waals surface area contributed by atoms with Crippen LogP contribution in [0.1, 0.15) is 18.4 Å². The lowest BCUT2D eigenvalue weighted by atomic mass is 10.2. The average molecular weight is 368 g/mol. The molecule has 2 aromatic heterocycles. The number of rotatable bonds is 8. The molecule has 0 spiro atoms. The molecule has 0 bridgehead atoms. The summed E-state index contributed by atoms with van der Waals surface area (Å²) in [5, 5.41) is 13.0. The van der Waals surface area contributed by atoms with Gasteiger partial charge >= 0.3 is 5.97 Å². The zero-order chi connectivity index (χ0) is 19.2. The second-order valence-electron chi connectivity index (χ2n) is 6.13. The summed E-state index contributed by atoms with van der Waals surface area (Å²) >= 11 is 0. The van der Waals surface area contributed by atoms with E-state index < -0.39 is 12.1 Å². The number of pyridine rings is 1. The average Bonchev–Trinajstić information content (AvgIpc) is 3.12. The highest BCUT2D eigenvalue weighted by molar-refractivity contribution is 5.72. The van der Waals surface area contributed by atoms with Gasteiger partial charge in [0.1, 0.15) is 5.75 Å². The van der Waals surface area contributed by atoms with Crippen molar-refractivity contribution in [3.63, 3.8) is 0 Å². The third-order valence-corrected chi connectivity index (χ3v) is 3.86. The number of nitrogens with zero attached hydrogens (tertiary/aromatic N) is 4. The molecule has 0 saturated heterocycles. The molecule has 1 N–H and O–H groups in total. The van der Waals surface area contributed by atoms with E-state index in [9.17, 15) is 4.79 Å². The SMILES string of the molecule is C[C@H](Oc1ccccc1CN(C)Cc1nc(-c2cccnc2)no1)C(=O)O. The lowest BCUT2D eigenvalue weighted by molar-refractivity contribution is -0.144. The Hall–Kier alpha value is -3.26. The largest absolute Gasteiger partial charge is 0.479 e. The summed E-state index contributed by atoms with van der Waals surface area (Å²) in [5.74, 6) is 0.506. The van der Waals surface area contributed by atoms with E-state index in [-0.39, 0.29) is 0 Å². The molecule has 0 fully saturated rings. The minimum atomic E-state index is -1.01. The van der Waals surface area contributed by atoms with Crippen molar-refractivity contribution >= 4 is 5.97 Å². The quantitative estimate of drug-likeness (QED) is 0.647. The summed E-state index contributed by atoms with van der Waals surface area (Å²) in [4.78, 5) is 21.4. The van der Waals surface area contributed by atoms with E-state index >= 15 is 0 Å².